The first-order valence-corrected chi connectivity index (χ1v) is 7.60. The number of ether oxygens (including phenoxy) is 1. The molecule has 2 rings (SSSR count). The smallest absolute Gasteiger partial charge is 0.276 e. The highest BCUT2D eigenvalue weighted by Gasteiger charge is 2.30. The summed E-state index contributed by atoms with van der Waals surface area (Å²) >= 11 is 4.90. The molecule has 1 aromatic carbocycles. The van der Waals surface area contributed by atoms with Crippen molar-refractivity contribution in [2.75, 3.05) is 6.61 Å². The number of aryl methyl sites for hydroxylation is 1. The van der Waals surface area contributed by atoms with Gasteiger partial charge in [0.15, 0.2) is 11.7 Å². The lowest BCUT2D eigenvalue weighted by atomic mass is 10.2. The van der Waals surface area contributed by atoms with Crippen molar-refractivity contribution in [3.05, 3.63) is 29.8 Å². The van der Waals surface area contributed by atoms with Crippen LogP contribution in [-0.4, -0.2) is 23.5 Å². The van der Waals surface area contributed by atoms with E-state index in [9.17, 15) is 9.59 Å². The maximum absolute atomic E-state index is 11.6. The van der Waals surface area contributed by atoms with Crippen LogP contribution in [0.15, 0.2) is 24.3 Å². The van der Waals surface area contributed by atoms with Crippen molar-refractivity contribution in [3.8, 4) is 5.75 Å². The van der Waals surface area contributed by atoms with E-state index < -0.39 is 0 Å². The molecule has 1 fully saturated rings. The Morgan fingerprint density at radius 3 is 2.50 bits per heavy atom. The minimum absolute atomic E-state index is 0.0601. The lowest BCUT2D eigenvalue weighted by Crippen LogP contribution is -2.50. The highest BCUT2D eigenvalue weighted by Crippen LogP contribution is 2.28. The van der Waals surface area contributed by atoms with Crippen LogP contribution in [0.1, 0.15) is 25.3 Å². The summed E-state index contributed by atoms with van der Waals surface area (Å²) in [7, 11) is 0. The van der Waals surface area contributed by atoms with Gasteiger partial charge in [0.2, 0.25) is 5.91 Å². The Morgan fingerprint density at radius 1 is 1.23 bits per heavy atom. The van der Waals surface area contributed by atoms with Crippen molar-refractivity contribution in [1.82, 2.24) is 16.2 Å². The van der Waals surface area contributed by atoms with Gasteiger partial charge >= 0.3 is 0 Å². The molecule has 7 heteroatoms. The van der Waals surface area contributed by atoms with Gasteiger partial charge in [0.25, 0.3) is 5.91 Å². The van der Waals surface area contributed by atoms with E-state index >= 15 is 0 Å². The molecule has 0 spiro atoms. The number of carbonyl (C=O) groups is 2. The summed E-state index contributed by atoms with van der Waals surface area (Å²) in [6.45, 7) is 1.93. The molecule has 0 aliphatic heterocycles. The molecule has 3 N–H and O–H groups in total. The Balaban J connectivity index is 1.64. The quantitative estimate of drug-likeness (QED) is 0.558. The van der Waals surface area contributed by atoms with Gasteiger partial charge in [0, 0.05) is 5.92 Å². The monoisotopic (exact) mass is 321 g/mol. The van der Waals surface area contributed by atoms with E-state index in [1.807, 2.05) is 24.3 Å². The van der Waals surface area contributed by atoms with Gasteiger partial charge in [-0.3, -0.25) is 20.4 Å². The van der Waals surface area contributed by atoms with E-state index in [2.05, 4.69) is 23.1 Å². The average molecular weight is 321 g/mol. The van der Waals surface area contributed by atoms with Crippen LogP contribution in [0.2, 0.25) is 0 Å². The summed E-state index contributed by atoms with van der Waals surface area (Å²) in [5.74, 6) is 0.184. The number of carbonyl (C=O) groups excluding carboxylic acids is 2. The van der Waals surface area contributed by atoms with Crippen LogP contribution in [0.5, 0.6) is 5.75 Å². The van der Waals surface area contributed by atoms with Crippen LogP contribution in [0, 0.1) is 5.92 Å². The molecule has 0 heterocycles. The molecular formula is C15H19N3O3S. The maximum atomic E-state index is 11.6. The number of thiocarbonyl (C=S) groups is 1. The van der Waals surface area contributed by atoms with Gasteiger partial charge in [-0.2, -0.15) is 0 Å². The van der Waals surface area contributed by atoms with Crippen LogP contribution in [-0.2, 0) is 16.0 Å². The molecule has 118 valence electrons. The van der Waals surface area contributed by atoms with Gasteiger partial charge in [0.05, 0.1) is 0 Å². The fraction of sp³-hybridized carbons (Fsp3) is 0.400. The van der Waals surface area contributed by atoms with Crippen LogP contribution in [0.25, 0.3) is 0 Å². The molecule has 6 nitrogen and oxygen atoms in total. The van der Waals surface area contributed by atoms with Gasteiger partial charge in [0.1, 0.15) is 5.75 Å². The molecule has 1 saturated carbocycles. The number of hydrazine groups is 1. The Hall–Kier alpha value is -2.15. The topological polar surface area (TPSA) is 79.5 Å². The predicted octanol–water partition coefficient (Wildman–Crippen LogP) is 1.06. The third-order valence-electron chi connectivity index (χ3n) is 3.20. The van der Waals surface area contributed by atoms with Crippen LogP contribution < -0.4 is 20.9 Å². The third-order valence-corrected chi connectivity index (χ3v) is 3.41. The molecule has 1 aliphatic rings. The van der Waals surface area contributed by atoms with Crippen molar-refractivity contribution in [3.63, 3.8) is 0 Å². The average Bonchev–Trinajstić information content (AvgIpc) is 3.36. The van der Waals surface area contributed by atoms with Gasteiger partial charge in [-0.15, -0.1) is 0 Å². The zero-order chi connectivity index (χ0) is 15.9. The second-order valence-corrected chi connectivity index (χ2v) is 5.46. The number of nitrogens with one attached hydrogen (secondary N) is 3. The van der Waals surface area contributed by atoms with Gasteiger partial charge in [-0.25, -0.2) is 0 Å². The molecule has 22 heavy (non-hydrogen) atoms. The lowest BCUT2D eigenvalue weighted by Gasteiger charge is -2.11. The summed E-state index contributed by atoms with van der Waals surface area (Å²) in [6, 6.07) is 7.54. The number of hydrogen-bond donors (Lipinski definition) is 3. The normalized spacial score (nSPS) is 13.1. The molecule has 1 aromatic rings. The van der Waals surface area contributed by atoms with Crippen molar-refractivity contribution < 1.29 is 14.3 Å². The van der Waals surface area contributed by atoms with Crippen molar-refractivity contribution >= 4 is 29.1 Å². The van der Waals surface area contributed by atoms with Crippen LogP contribution in [0.3, 0.4) is 0 Å². The fourth-order valence-electron chi connectivity index (χ4n) is 1.72. The molecule has 0 radical (unpaired) electrons. The van der Waals surface area contributed by atoms with E-state index in [1.54, 1.807) is 0 Å². The molecule has 0 bridgehead atoms. The number of hydrogen-bond acceptors (Lipinski definition) is 4. The Bertz CT molecular complexity index is 556. The molecule has 0 saturated heterocycles. The Kier molecular flexibility index (Phi) is 5.71. The summed E-state index contributed by atoms with van der Waals surface area (Å²) < 4.78 is 5.35. The number of benzene rings is 1. The van der Waals surface area contributed by atoms with E-state index in [0.29, 0.717) is 5.75 Å². The predicted molar refractivity (Wildman–Crippen MR) is 86.1 cm³/mol. The highest BCUT2D eigenvalue weighted by molar-refractivity contribution is 7.80. The van der Waals surface area contributed by atoms with Crippen molar-refractivity contribution in [2.24, 2.45) is 5.92 Å². The SMILES string of the molecule is CCc1ccc(OCC(=O)NNC(=S)NC(=O)C2CC2)cc1. The molecule has 0 atom stereocenters. The largest absolute Gasteiger partial charge is 0.484 e. The zero-order valence-electron chi connectivity index (χ0n) is 12.3. The molecular weight excluding hydrogens is 302 g/mol. The summed E-state index contributed by atoms with van der Waals surface area (Å²) in [5, 5.41) is 2.59. The fourth-order valence-corrected chi connectivity index (χ4v) is 1.88. The van der Waals surface area contributed by atoms with Gasteiger partial charge in [-0.05, 0) is 49.2 Å². The molecule has 0 aromatic heterocycles. The lowest BCUT2D eigenvalue weighted by molar-refractivity contribution is -0.124. The van der Waals surface area contributed by atoms with Crippen molar-refractivity contribution in [2.45, 2.75) is 26.2 Å². The number of rotatable bonds is 5. The first-order valence-electron chi connectivity index (χ1n) is 7.20. The van der Waals surface area contributed by atoms with Crippen LogP contribution >= 0.6 is 12.2 Å². The molecule has 0 unspecified atom stereocenters. The van der Waals surface area contributed by atoms with E-state index in [1.165, 1.54) is 5.56 Å². The molecule has 2 amide bonds. The third kappa shape index (κ3) is 5.33. The summed E-state index contributed by atoms with van der Waals surface area (Å²) in [5.41, 5.74) is 6.04. The maximum Gasteiger partial charge on any atom is 0.276 e. The minimum Gasteiger partial charge on any atom is -0.484 e. The standard InChI is InChI=1S/C15H19N3O3S/c1-2-10-3-7-12(8-4-10)21-9-13(19)17-18-15(22)16-14(20)11-5-6-11/h3-4,7-8,11H,2,5-6,9H2,1H3,(H,17,19)(H2,16,18,20,22). The van der Waals surface area contributed by atoms with Gasteiger partial charge in [-0.1, -0.05) is 19.1 Å². The second kappa shape index (κ2) is 7.74. The summed E-state index contributed by atoms with van der Waals surface area (Å²) in [6.07, 6.45) is 2.74. The van der Waals surface area contributed by atoms with E-state index in [4.69, 9.17) is 17.0 Å². The Morgan fingerprint density at radius 2 is 1.91 bits per heavy atom. The van der Waals surface area contributed by atoms with Crippen LogP contribution in [0.4, 0.5) is 0 Å². The highest BCUT2D eigenvalue weighted by atomic mass is 32.1. The molecule has 1 aliphatic carbocycles. The van der Waals surface area contributed by atoms with Crippen molar-refractivity contribution in [1.29, 1.82) is 0 Å². The first-order chi connectivity index (χ1) is 10.6. The first kappa shape index (κ1) is 16.2. The second-order valence-electron chi connectivity index (χ2n) is 5.05. The summed E-state index contributed by atoms with van der Waals surface area (Å²) in [4.78, 5) is 23.1. The Labute approximate surface area is 134 Å². The van der Waals surface area contributed by atoms with E-state index in [-0.39, 0.29) is 29.5 Å². The minimum atomic E-state index is -0.386. The zero-order valence-corrected chi connectivity index (χ0v) is 13.2. The number of amides is 2. The van der Waals surface area contributed by atoms with E-state index in [0.717, 1.165) is 19.3 Å². The van der Waals surface area contributed by atoms with Gasteiger partial charge < -0.3 is 10.1 Å².